The Morgan fingerprint density at radius 1 is 1.00 bits per heavy atom. The van der Waals surface area contributed by atoms with Crippen LogP contribution < -0.4 is 15.8 Å². The number of nitrogens with zero attached hydrogens (tertiary/aromatic N) is 4. The number of thiazole rings is 1. The van der Waals surface area contributed by atoms with E-state index in [4.69, 9.17) is 9.15 Å². The van der Waals surface area contributed by atoms with E-state index in [0.29, 0.717) is 41.0 Å². The molecule has 0 aliphatic carbocycles. The van der Waals surface area contributed by atoms with Gasteiger partial charge in [-0.3, -0.25) is 20.4 Å². The number of carbonyl (C=O) groups excluding carboxylic acids is 2. The van der Waals surface area contributed by atoms with E-state index in [9.17, 15) is 9.59 Å². The first-order valence-corrected chi connectivity index (χ1v) is 11.9. The number of morpholine rings is 1. The topological polar surface area (TPSA) is 115 Å². The predicted molar refractivity (Wildman–Crippen MR) is 131 cm³/mol. The van der Waals surface area contributed by atoms with Crippen molar-refractivity contribution >= 4 is 28.3 Å². The third-order valence-corrected chi connectivity index (χ3v) is 6.73. The van der Waals surface area contributed by atoms with Crippen LogP contribution in [0.15, 0.2) is 53.1 Å². The lowest BCUT2D eigenvalue weighted by Gasteiger charge is -2.25. The lowest BCUT2D eigenvalue weighted by atomic mass is 10.2. The second-order valence-electron chi connectivity index (χ2n) is 8.00. The average Bonchev–Trinajstić information content (AvgIpc) is 3.61. The smallest absolute Gasteiger partial charge is 0.281 e. The quantitative estimate of drug-likeness (QED) is 0.412. The van der Waals surface area contributed by atoms with Crippen LogP contribution in [0.1, 0.15) is 31.5 Å². The van der Waals surface area contributed by atoms with Gasteiger partial charge in [-0.2, -0.15) is 5.10 Å². The molecule has 0 saturated carbocycles. The van der Waals surface area contributed by atoms with Gasteiger partial charge in [0, 0.05) is 19.3 Å². The number of carbonyl (C=O) groups is 2. The zero-order valence-corrected chi connectivity index (χ0v) is 20.1. The van der Waals surface area contributed by atoms with Gasteiger partial charge in [0.15, 0.2) is 10.9 Å². The van der Waals surface area contributed by atoms with Crippen LogP contribution in [0.3, 0.4) is 0 Å². The van der Waals surface area contributed by atoms with Crippen LogP contribution in [0, 0.1) is 13.8 Å². The number of hydrazine groups is 1. The molecule has 4 heterocycles. The van der Waals surface area contributed by atoms with Gasteiger partial charge in [0.05, 0.1) is 30.2 Å². The van der Waals surface area contributed by atoms with Gasteiger partial charge in [0.1, 0.15) is 16.3 Å². The van der Waals surface area contributed by atoms with Crippen LogP contribution in [-0.4, -0.2) is 52.9 Å². The summed E-state index contributed by atoms with van der Waals surface area (Å²) in [5.41, 5.74) is 7.04. The van der Waals surface area contributed by atoms with E-state index in [1.54, 1.807) is 29.9 Å². The summed E-state index contributed by atoms with van der Waals surface area (Å²) >= 11 is 1.29. The first-order chi connectivity index (χ1) is 17.0. The summed E-state index contributed by atoms with van der Waals surface area (Å²) in [6.45, 7) is 6.31. The molecule has 1 aliphatic heterocycles. The second kappa shape index (κ2) is 9.72. The molecule has 4 aromatic rings. The highest BCUT2D eigenvalue weighted by atomic mass is 32.1. The SMILES string of the molecule is Cc1ccc(-c2nn(-c3ccccc3)cc2C(=O)NNC(=O)c2sc(N3CCOCC3)nc2C)o1. The highest BCUT2D eigenvalue weighted by molar-refractivity contribution is 7.17. The van der Waals surface area contributed by atoms with Crippen LogP contribution in [0.5, 0.6) is 0 Å². The fourth-order valence-corrected chi connectivity index (χ4v) is 4.73. The van der Waals surface area contributed by atoms with Gasteiger partial charge in [-0.05, 0) is 38.1 Å². The molecular weight excluding hydrogens is 468 g/mol. The van der Waals surface area contributed by atoms with Gasteiger partial charge in [-0.15, -0.1) is 0 Å². The van der Waals surface area contributed by atoms with Crippen molar-refractivity contribution in [3.63, 3.8) is 0 Å². The lowest BCUT2D eigenvalue weighted by Crippen LogP contribution is -2.41. The number of para-hydroxylation sites is 1. The summed E-state index contributed by atoms with van der Waals surface area (Å²) in [5.74, 6) is 0.214. The highest BCUT2D eigenvalue weighted by Gasteiger charge is 2.24. The third-order valence-electron chi connectivity index (χ3n) is 5.52. The van der Waals surface area contributed by atoms with Crippen molar-refractivity contribution in [2.75, 3.05) is 31.2 Å². The highest BCUT2D eigenvalue weighted by Crippen LogP contribution is 2.27. The number of aryl methyl sites for hydroxylation is 2. The first kappa shape index (κ1) is 22.8. The van der Waals surface area contributed by atoms with Crippen molar-refractivity contribution in [1.29, 1.82) is 0 Å². The third kappa shape index (κ3) is 4.81. The predicted octanol–water partition coefficient (Wildman–Crippen LogP) is 3.12. The minimum atomic E-state index is -0.514. The number of furan rings is 1. The summed E-state index contributed by atoms with van der Waals surface area (Å²) in [7, 11) is 0. The normalized spacial score (nSPS) is 13.6. The number of amides is 2. The van der Waals surface area contributed by atoms with Gasteiger partial charge in [-0.25, -0.2) is 9.67 Å². The molecule has 5 rings (SSSR count). The van der Waals surface area contributed by atoms with E-state index >= 15 is 0 Å². The Kier molecular flexibility index (Phi) is 6.34. The molecule has 10 nitrogen and oxygen atoms in total. The largest absolute Gasteiger partial charge is 0.460 e. The number of aromatic nitrogens is 3. The molecule has 180 valence electrons. The van der Waals surface area contributed by atoms with Crippen molar-refractivity contribution in [3.05, 3.63) is 70.6 Å². The Balaban J connectivity index is 1.35. The minimum absolute atomic E-state index is 0.263. The molecule has 2 amide bonds. The zero-order valence-electron chi connectivity index (χ0n) is 19.3. The fourth-order valence-electron chi connectivity index (χ4n) is 3.72. The molecule has 1 aliphatic rings. The Morgan fingerprint density at radius 3 is 2.46 bits per heavy atom. The maximum absolute atomic E-state index is 13.1. The van der Waals surface area contributed by atoms with Gasteiger partial charge in [0.2, 0.25) is 0 Å². The number of hydrogen-bond acceptors (Lipinski definition) is 8. The molecule has 35 heavy (non-hydrogen) atoms. The lowest BCUT2D eigenvalue weighted by molar-refractivity contribution is 0.0848. The Hall–Kier alpha value is -3.96. The van der Waals surface area contributed by atoms with Gasteiger partial charge in [-0.1, -0.05) is 29.5 Å². The van der Waals surface area contributed by atoms with Gasteiger partial charge >= 0.3 is 0 Å². The minimum Gasteiger partial charge on any atom is -0.460 e. The Labute approximate surface area is 205 Å². The maximum atomic E-state index is 13.1. The molecule has 0 bridgehead atoms. The van der Waals surface area contributed by atoms with E-state index in [2.05, 4.69) is 25.8 Å². The zero-order chi connectivity index (χ0) is 24.4. The Morgan fingerprint density at radius 2 is 1.74 bits per heavy atom. The number of hydrogen-bond donors (Lipinski definition) is 2. The monoisotopic (exact) mass is 492 g/mol. The Bertz CT molecular complexity index is 1350. The molecule has 1 aromatic carbocycles. The average molecular weight is 493 g/mol. The van der Waals surface area contributed by atoms with Gasteiger partial charge in [0.25, 0.3) is 11.8 Å². The molecule has 0 radical (unpaired) electrons. The molecule has 1 fully saturated rings. The molecule has 1 saturated heterocycles. The van der Waals surface area contributed by atoms with Crippen LogP contribution in [-0.2, 0) is 4.74 Å². The molecule has 2 N–H and O–H groups in total. The summed E-state index contributed by atoms with van der Waals surface area (Å²) < 4.78 is 12.7. The molecule has 0 unspecified atom stereocenters. The molecule has 3 aromatic heterocycles. The van der Waals surface area contributed by atoms with Crippen LogP contribution in [0.2, 0.25) is 0 Å². The standard InChI is InChI=1S/C24H24N6O4S/c1-15-8-9-19(34-15)20-18(14-30(28-20)17-6-4-3-5-7-17)22(31)26-27-23(32)21-16(2)25-24(35-21)29-10-12-33-13-11-29/h3-9,14H,10-13H2,1-2H3,(H,26,31)(H,27,32). The van der Waals surface area contributed by atoms with Gasteiger partial charge < -0.3 is 14.1 Å². The maximum Gasteiger partial charge on any atom is 0.281 e. The van der Waals surface area contributed by atoms with Crippen molar-refractivity contribution in [1.82, 2.24) is 25.6 Å². The van der Waals surface area contributed by atoms with Crippen molar-refractivity contribution in [3.8, 4) is 17.1 Å². The van der Waals surface area contributed by atoms with Crippen molar-refractivity contribution in [2.45, 2.75) is 13.8 Å². The van der Waals surface area contributed by atoms with E-state index in [0.717, 1.165) is 23.9 Å². The number of rotatable bonds is 5. The number of benzene rings is 1. The number of anilines is 1. The van der Waals surface area contributed by atoms with Crippen molar-refractivity contribution < 1.29 is 18.7 Å². The fraction of sp³-hybridized carbons (Fsp3) is 0.250. The summed E-state index contributed by atoms with van der Waals surface area (Å²) in [6, 6.07) is 13.0. The second-order valence-corrected chi connectivity index (χ2v) is 8.98. The van der Waals surface area contributed by atoms with E-state index in [-0.39, 0.29) is 5.56 Å². The number of ether oxygens (including phenoxy) is 1. The van der Waals surface area contributed by atoms with E-state index in [1.165, 1.54) is 11.3 Å². The summed E-state index contributed by atoms with van der Waals surface area (Å²) in [6.07, 6.45) is 1.61. The first-order valence-electron chi connectivity index (χ1n) is 11.1. The van der Waals surface area contributed by atoms with Crippen LogP contribution in [0.4, 0.5) is 5.13 Å². The molecule has 0 spiro atoms. The molecular formula is C24H24N6O4S. The van der Waals surface area contributed by atoms with E-state index in [1.807, 2.05) is 37.3 Å². The number of nitrogens with one attached hydrogen (secondary N) is 2. The van der Waals surface area contributed by atoms with E-state index < -0.39 is 11.8 Å². The summed E-state index contributed by atoms with van der Waals surface area (Å²) in [4.78, 5) is 33.0. The van der Waals surface area contributed by atoms with Crippen molar-refractivity contribution in [2.24, 2.45) is 0 Å². The van der Waals surface area contributed by atoms with Crippen LogP contribution >= 0.6 is 11.3 Å². The van der Waals surface area contributed by atoms with Crippen LogP contribution in [0.25, 0.3) is 17.1 Å². The molecule has 11 heteroatoms. The summed E-state index contributed by atoms with van der Waals surface area (Å²) in [5, 5.41) is 5.33. The molecule has 0 atom stereocenters.